The van der Waals surface area contributed by atoms with Crippen LogP contribution in [-0.4, -0.2) is 33.0 Å². The summed E-state index contributed by atoms with van der Waals surface area (Å²) < 4.78 is 27.9. The van der Waals surface area contributed by atoms with Gasteiger partial charge in [-0.1, -0.05) is 0 Å². The highest BCUT2D eigenvalue weighted by atomic mass is 32.2. The Kier molecular flexibility index (Phi) is 2.74. The predicted octanol–water partition coefficient (Wildman–Crippen LogP) is 0.372. The molecule has 0 atom stereocenters. The van der Waals surface area contributed by atoms with E-state index in [0.717, 1.165) is 0 Å². The van der Waals surface area contributed by atoms with Crippen LogP contribution in [0, 0.1) is 0 Å². The van der Waals surface area contributed by atoms with Crippen molar-refractivity contribution in [2.45, 2.75) is 11.3 Å². The van der Waals surface area contributed by atoms with Crippen molar-refractivity contribution in [3.8, 4) is 0 Å². The molecular weight excluding hydrogens is 244 g/mol. The number of hydrogen-bond acceptors (Lipinski definition) is 5. The summed E-state index contributed by atoms with van der Waals surface area (Å²) in [6.07, 6.45) is 0.0411. The maximum atomic E-state index is 11.7. The maximum absolute atomic E-state index is 11.7. The second-order valence-corrected chi connectivity index (χ2v) is 5.75. The molecule has 0 N–H and O–H groups in total. The van der Waals surface area contributed by atoms with Crippen LogP contribution in [0.2, 0.25) is 0 Å². The third-order valence-electron chi connectivity index (χ3n) is 2.56. The van der Waals surface area contributed by atoms with E-state index in [4.69, 9.17) is 0 Å². The fraction of sp³-hybridized carbons (Fsp3) is 0.273. The number of esters is 1. The number of rotatable bonds is 1. The molecule has 2 rings (SSSR count). The molecule has 1 aliphatic rings. The highest BCUT2D eigenvalue weighted by Gasteiger charge is 2.29. The zero-order valence-electron chi connectivity index (χ0n) is 9.10. The van der Waals surface area contributed by atoms with E-state index in [0.29, 0.717) is 5.56 Å². The number of carbonyl (C=O) groups excluding carboxylic acids is 2. The number of carbonyl (C=O) groups is 2. The van der Waals surface area contributed by atoms with E-state index >= 15 is 0 Å². The molecule has 0 radical (unpaired) electrons. The number of methoxy groups -OCH3 is 1. The van der Waals surface area contributed by atoms with Gasteiger partial charge < -0.3 is 4.74 Å². The molecule has 0 spiro atoms. The van der Waals surface area contributed by atoms with Gasteiger partial charge in [0.2, 0.25) is 0 Å². The van der Waals surface area contributed by atoms with Gasteiger partial charge in [0.05, 0.1) is 17.6 Å². The van der Waals surface area contributed by atoms with E-state index in [1.165, 1.54) is 25.3 Å². The van der Waals surface area contributed by atoms with Gasteiger partial charge in [0.25, 0.3) is 0 Å². The average Bonchev–Trinajstić information content (AvgIpc) is 2.25. The van der Waals surface area contributed by atoms with Crippen LogP contribution in [0.25, 0.3) is 0 Å². The molecule has 0 saturated heterocycles. The Bertz CT molecular complexity index is 600. The molecule has 1 aromatic rings. The van der Waals surface area contributed by atoms with Crippen LogP contribution >= 0.6 is 0 Å². The fourth-order valence-electron chi connectivity index (χ4n) is 1.82. The largest absolute Gasteiger partial charge is 0.465 e. The molecule has 1 aromatic carbocycles. The summed E-state index contributed by atoms with van der Waals surface area (Å²) in [5.41, 5.74) is 0.611. The molecule has 0 amide bonds. The number of benzene rings is 1. The molecule has 0 fully saturated rings. The van der Waals surface area contributed by atoms with Gasteiger partial charge in [-0.2, -0.15) is 0 Å². The van der Waals surface area contributed by atoms with Gasteiger partial charge in [0.1, 0.15) is 5.75 Å². The topological polar surface area (TPSA) is 77.5 Å². The van der Waals surface area contributed by atoms with Crippen LogP contribution in [0.4, 0.5) is 0 Å². The molecule has 0 unspecified atom stereocenters. The lowest BCUT2D eigenvalue weighted by Gasteiger charge is -2.15. The lowest BCUT2D eigenvalue weighted by molar-refractivity contribution is -0.116. The molecular formula is C11H10O5S. The van der Waals surface area contributed by atoms with Crippen molar-refractivity contribution in [1.29, 1.82) is 0 Å². The van der Waals surface area contributed by atoms with Gasteiger partial charge in [-0.25, -0.2) is 13.2 Å². The number of fused-ring (bicyclic) bond motifs is 1. The Balaban J connectivity index is 2.57. The molecule has 0 aromatic heterocycles. The summed E-state index contributed by atoms with van der Waals surface area (Å²) in [6.45, 7) is 0. The lowest BCUT2D eigenvalue weighted by atomic mass is 10.1. The van der Waals surface area contributed by atoms with Crippen molar-refractivity contribution in [1.82, 2.24) is 0 Å². The summed E-state index contributed by atoms with van der Waals surface area (Å²) in [5, 5.41) is 0. The monoisotopic (exact) mass is 254 g/mol. The number of sulfone groups is 1. The number of ether oxygens (including phenoxy) is 1. The van der Waals surface area contributed by atoms with Crippen molar-refractivity contribution in [3.05, 3.63) is 29.3 Å². The molecule has 0 bridgehead atoms. The van der Waals surface area contributed by atoms with E-state index in [1.807, 2.05) is 0 Å². The van der Waals surface area contributed by atoms with Crippen molar-refractivity contribution >= 4 is 21.6 Å². The molecule has 5 nitrogen and oxygen atoms in total. The van der Waals surface area contributed by atoms with Gasteiger partial charge in [0, 0.05) is 6.42 Å². The first kappa shape index (κ1) is 11.8. The average molecular weight is 254 g/mol. The van der Waals surface area contributed by atoms with E-state index in [-0.39, 0.29) is 22.7 Å². The Labute approximate surface area is 98.3 Å². The highest BCUT2D eigenvalue weighted by Crippen LogP contribution is 2.24. The lowest BCUT2D eigenvalue weighted by Crippen LogP contribution is -2.25. The van der Waals surface area contributed by atoms with Gasteiger partial charge in [-0.15, -0.1) is 0 Å². The van der Waals surface area contributed by atoms with Crippen molar-refractivity contribution in [2.75, 3.05) is 12.9 Å². The summed E-state index contributed by atoms with van der Waals surface area (Å²) in [5.74, 6) is -1.37. The Morgan fingerprint density at radius 2 is 2.06 bits per heavy atom. The molecule has 0 aliphatic carbocycles. The zero-order valence-corrected chi connectivity index (χ0v) is 9.91. The van der Waals surface area contributed by atoms with E-state index in [1.54, 1.807) is 0 Å². The van der Waals surface area contributed by atoms with Crippen molar-refractivity contribution in [2.24, 2.45) is 0 Å². The van der Waals surface area contributed by atoms with Crippen molar-refractivity contribution in [3.63, 3.8) is 0 Å². The molecule has 90 valence electrons. The first-order valence-corrected chi connectivity index (χ1v) is 6.55. The predicted molar refractivity (Wildman–Crippen MR) is 58.5 cm³/mol. The van der Waals surface area contributed by atoms with Crippen LogP contribution in [0.5, 0.6) is 0 Å². The molecule has 1 aliphatic heterocycles. The Hall–Kier alpha value is -1.69. The summed E-state index contributed by atoms with van der Waals surface area (Å²) in [4.78, 5) is 22.7. The highest BCUT2D eigenvalue weighted by molar-refractivity contribution is 7.92. The third kappa shape index (κ3) is 2.08. The first-order valence-electron chi connectivity index (χ1n) is 4.90. The fourth-order valence-corrected chi connectivity index (χ4v) is 3.31. The molecule has 6 heteroatoms. The van der Waals surface area contributed by atoms with Gasteiger partial charge in [-0.05, 0) is 23.8 Å². The maximum Gasteiger partial charge on any atom is 0.337 e. The van der Waals surface area contributed by atoms with Gasteiger partial charge >= 0.3 is 5.97 Å². The minimum atomic E-state index is -3.54. The van der Waals surface area contributed by atoms with Crippen LogP contribution in [0.15, 0.2) is 23.1 Å². The zero-order chi connectivity index (χ0) is 12.6. The Morgan fingerprint density at radius 3 is 2.71 bits per heavy atom. The van der Waals surface area contributed by atoms with Gasteiger partial charge in [0.15, 0.2) is 15.6 Å². The number of Topliss-reactive ketones (excluding diaryl/α,β-unsaturated/α-hetero) is 1. The quantitative estimate of drug-likeness (QED) is 0.677. The molecule has 1 heterocycles. The summed E-state index contributed by atoms with van der Waals surface area (Å²) in [7, 11) is -2.30. The van der Waals surface area contributed by atoms with E-state index in [2.05, 4.69) is 4.74 Å². The minimum Gasteiger partial charge on any atom is -0.465 e. The normalized spacial score (nSPS) is 17.4. The van der Waals surface area contributed by atoms with Gasteiger partial charge in [-0.3, -0.25) is 4.79 Å². The smallest absolute Gasteiger partial charge is 0.337 e. The van der Waals surface area contributed by atoms with Crippen LogP contribution < -0.4 is 0 Å². The Morgan fingerprint density at radius 1 is 1.35 bits per heavy atom. The SMILES string of the molecule is COC(=O)c1ccc2c(c1)CC(=O)CS2(=O)=O. The van der Waals surface area contributed by atoms with E-state index in [9.17, 15) is 18.0 Å². The van der Waals surface area contributed by atoms with Crippen molar-refractivity contribution < 1.29 is 22.7 Å². The second-order valence-electron chi connectivity index (χ2n) is 3.79. The van der Waals surface area contributed by atoms with E-state index < -0.39 is 21.6 Å². The molecule has 17 heavy (non-hydrogen) atoms. The van der Waals surface area contributed by atoms with Crippen LogP contribution in [0.1, 0.15) is 15.9 Å². The first-order chi connectivity index (χ1) is 7.94. The second kappa shape index (κ2) is 3.96. The van der Waals surface area contributed by atoms with Crippen LogP contribution in [-0.2, 0) is 25.8 Å². The minimum absolute atomic E-state index is 0.0411. The third-order valence-corrected chi connectivity index (χ3v) is 4.33. The summed E-state index contributed by atoms with van der Waals surface area (Å²) >= 11 is 0. The summed E-state index contributed by atoms with van der Waals surface area (Å²) in [6, 6.07) is 4.14. The molecule has 0 saturated carbocycles. The number of hydrogen-bond donors (Lipinski definition) is 0. The number of ketones is 1. The van der Waals surface area contributed by atoms with Crippen LogP contribution in [0.3, 0.4) is 0 Å². The standard InChI is InChI=1S/C11H10O5S/c1-16-11(13)7-2-3-10-8(4-7)5-9(12)6-17(10,14)15/h2-4H,5-6H2,1H3.